The van der Waals surface area contributed by atoms with E-state index in [1.165, 1.54) is 0 Å². The number of amides is 1. The number of carbonyl (C=O) groups excluding carboxylic acids is 2. The first-order chi connectivity index (χ1) is 14.5. The van der Waals surface area contributed by atoms with Crippen molar-refractivity contribution in [3.05, 3.63) is 70.4 Å². The highest BCUT2D eigenvalue weighted by Crippen LogP contribution is 2.40. The van der Waals surface area contributed by atoms with Gasteiger partial charge in [-0.05, 0) is 31.5 Å². The molecule has 8 heteroatoms. The zero-order chi connectivity index (χ0) is 21.3. The summed E-state index contributed by atoms with van der Waals surface area (Å²) in [6.07, 6.45) is 3.98. The van der Waals surface area contributed by atoms with Gasteiger partial charge < -0.3 is 14.6 Å². The maximum atomic E-state index is 12.2. The van der Waals surface area contributed by atoms with E-state index in [4.69, 9.17) is 9.26 Å². The molecule has 4 rings (SSSR count). The van der Waals surface area contributed by atoms with Gasteiger partial charge in [-0.1, -0.05) is 36.4 Å². The molecular weight excluding hydrogens is 384 g/mol. The van der Waals surface area contributed by atoms with Gasteiger partial charge in [-0.25, -0.2) is 4.79 Å². The lowest BCUT2D eigenvalue weighted by Crippen LogP contribution is -2.14. The molecule has 0 spiro atoms. The first-order valence-electron chi connectivity index (χ1n) is 9.76. The Morgan fingerprint density at radius 3 is 2.70 bits per heavy atom. The van der Waals surface area contributed by atoms with Gasteiger partial charge in [0.1, 0.15) is 5.76 Å². The highest BCUT2D eigenvalue weighted by Gasteiger charge is 2.30. The molecular formula is C22H22N4O4. The first kappa shape index (κ1) is 19.6. The zero-order valence-electron chi connectivity index (χ0n) is 16.9. The van der Waals surface area contributed by atoms with Crippen LogP contribution in [0.25, 0.3) is 6.08 Å². The van der Waals surface area contributed by atoms with E-state index in [0.717, 1.165) is 16.8 Å². The van der Waals surface area contributed by atoms with E-state index in [1.54, 1.807) is 19.9 Å². The molecule has 0 saturated carbocycles. The molecule has 1 aliphatic rings. The van der Waals surface area contributed by atoms with Gasteiger partial charge in [0, 0.05) is 34.8 Å². The SMILES string of the molecule is CCOC(=O)c1n[nH]c2c1C=CC(c1ccc(NC(=O)c3cc(C)on3)cc1)C2C. The van der Waals surface area contributed by atoms with Crippen LogP contribution in [0.1, 0.15) is 69.2 Å². The van der Waals surface area contributed by atoms with Crippen LogP contribution in [0.2, 0.25) is 0 Å². The fourth-order valence-electron chi connectivity index (χ4n) is 3.64. The Kier molecular flexibility index (Phi) is 5.22. The molecule has 0 aliphatic heterocycles. The molecule has 8 nitrogen and oxygen atoms in total. The molecule has 154 valence electrons. The van der Waals surface area contributed by atoms with Gasteiger partial charge in [0.2, 0.25) is 0 Å². The molecule has 2 N–H and O–H groups in total. The molecule has 2 unspecified atom stereocenters. The van der Waals surface area contributed by atoms with E-state index in [9.17, 15) is 9.59 Å². The van der Waals surface area contributed by atoms with Gasteiger partial charge in [0.05, 0.1) is 6.61 Å². The number of nitrogens with one attached hydrogen (secondary N) is 2. The monoisotopic (exact) mass is 406 g/mol. The van der Waals surface area contributed by atoms with E-state index in [2.05, 4.69) is 33.7 Å². The van der Waals surface area contributed by atoms with Crippen molar-refractivity contribution < 1.29 is 18.8 Å². The van der Waals surface area contributed by atoms with Crippen LogP contribution in [-0.2, 0) is 4.74 Å². The van der Waals surface area contributed by atoms with Crippen LogP contribution in [0.5, 0.6) is 0 Å². The summed E-state index contributed by atoms with van der Waals surface area (Å²) >= 11 is 0. The summed E-state index contributed by atoms with van der Waals surface area (Å²) in [6, 6.07) is 9.25. The van der Waals surface area contributed by atoms with Crippen molar-refractivity contribution >= 4 is 23.6 Å². The number of H-pyrrole nitrogens is 1. The molecule has 30 heavy (non-hydrogen) atoms. The van der Waals surface area contributed by atoms with Crippen LogP contribution in [0, 0.1) is 6.92 Å². The second kappa shape index (κ2) is 7.98. The van der Waals surface area contributed by atoms with Crippen molar-refractivity contribution in [1.29, 1.82) is 0 Å². The van der Waals surface area contributed by atoms with Crippen LogP contribution in [0.15, 0.2) is 40.9 Å². The Morgan fingerprint density at radius 1 is 1.27 bits per heavy atom. The number of aromatic amines is 1. The number of hydrogen-bond acceptors (Lipinski definition) is 6. The van der Waals surface area contributed by atoms with Gasteiger partial charge in [-0.3, -0.25) is 9.89 Å². The second-order valence-electron chi connectivity index (χ2n) is 7.19. The molecule has 1 aliphatic carbocycles. The molecule has 0 fully saturated rings. The second-order valence-corrected chi connectivity index (χ2v) is 7.19. The maximum Gasteiger partial charge on any atom is 0.359 e. The third-order valence-corrected chi connectivity index (χ3v) is 5.18. The molecule has 0 saturated heterocycles. The number of hydrogen-bond donors (Lipinski definition) is 2. The van der Waals surface area contributed by atoms with Crippen molar-refractivity contribution in [2.45, 2.75) is 32.6 Å². The fourth-order valence-corrected chi connectivity index (χ4v) is 3.64. The Morgan fingerprint density at radius 2 is 2.03 bits per heavy atom. The predicted octanol–water partition coefficient (Wildman–Crippen LogP) is 4.05. The van der Waals surface area contributed by atoms with E-state index < -0.39 is 5.97 Å². The van der Waals surface area contributed by atoms with Gasteiger partial charge in [0.15, 0.2) is 11.4 Å². The number of benzene rings is 1. The molecule has 2 heterocycles. The molecule has 2 aromatic heterocycles. The molecule has 3 aromatic rings. The molecule has 2 atom stereocenters. The number of rotatable bonds is 5. The predicted molar refractivity (Wildman–Crippen MR) is 110 cm³/mol. The number of anilines is 1. The summed E-state index contributed by atoms with van der Waals surface area (Å²) in [5.41, 5.74) is 4.00. The lowest BCUT2D eigenvalue weighted by molar-refractivity contribution is 0.0519. The third-order valence-electron chi connectivity index (χ3n) is 5.18. The minimum Gasteiger partial charge on any atom is -0.461 e. The number of allylic oxidation sites excluding steroid dienone is 1. The Balaban J connectivity index is 1.50. The Bertz CT molecular complexity index is 1110. The van der Waals surface area contributed by atoms with Crippen molar-refractivity contribution in [3.8, 4) is 0 Å². The van der Waals surface area contributed by atoms with Gasteiger partial charge >= 0.3 is 5.97 Å². The average molecular weight is 406 g/mol. The number of aryl methyl sites for hydroxylation is 1. The maximum absolute atomic E-state index is 12.2. The number of nitrogens with zero attached hydrogens (tertiary/aromatic N) is 2. The van der Waals surface area contributed by atoms with E-state index in [1.807, 2.05) is 30.3 Å². The van der Waals surface area contributed by atoms with Gasteiger partial charge in [-0.15, -0.1) is 0 Å². The van der Waals surface area contributed by atoms with E-state index in [-0.39, 0.29) is 23.4 Å². The van der Waals surface area contributed by atoms with Crippen molar-refractivity contribution in [3.63, 3.8) is 0 Å². The number of carbonyl (C=O) groups is 2. The lowest BCUT2D eigenvalue weighted by Gasteiger charge is -2.25. The van der Waals surface area contributed by atoms with Gasteiger partial charge in [0.25, 0.3) is 5.91 Å². The van der Waals surface area contributed by atoms with Crippen molar-refractivity contribution in [1.82, 2.24) is 15.4 Å². The normalized spacial score (nSPS) is 17.4. The van der Waals surface area contributed by atoms with Crippen LogP contribution in [0.3, 0.4) is 0 Å². The highest BCUT2D eigenvalue weighted by molar-refractivity contribution is 6.02. The average Bonchev–Trinajstić information content (AvgIpc) is 3.36. The largest absolute Gasteiger partial charge is 0.461 e. The van der Waals surface area contributed by atoms with Crippen LogP contribution >= 0.6 is 0 Å². The smallest absolute Gasteiger partial charge is 0.359 e. The number of esters is 1. The third kappa shape index (κ3) is 3.63. The van der Waals surface area contributed by atoms with E-state index >= 15 is 0 Å². The van der Waals surface area contributed by atoms with Crippen molar-refractivity contribution in [2.75, 3.05) is 11.9 Å². The summed E-state index contributed by atoms with van der Waals surface area (Å²) in [7, 11) is 0. The first-order valence-corrected chi connectivity index (χ1v) is 9.76. The minimum atomic E-state index is -0.423. The van der Waals surface area contributed by atoms with Crippen LogP contribution in [-0.4, -0.2) is 33.8 Å². The zero-order valence-corrected chi connectivity index (χ0v) is 16.9. The molecule has 1 aromatic carbocycles. The summed E-state index contributed by atoms with van der Waals surface area (Å²) in [6.45, 7) is 5.90. The molecule has 0 bridgehead atoms. The summed E-state index contributed by atoms with van der Waals surface area (Å²) in [5, 5.41) is 13.7. The van der Waals surface area contributed by atoms with Crippen molar-refractivity contribution in [2.24, 2.45) is 0 Å². The summed E-state index contributed by atoms with van der Waals surface area (Å²) < 4.78 is 10.0. The van der Waals surface area contributed by atoms with Crippen LogP contribution in [0.4, 0.5) is 5.69 Å². The lowest BCUT2D eigenvalue weighted by atomic mass is 9.79. The van der Waals surface area contributed by atoms with Crippen LogP contribution < -0.4 is 5.32 Å². The topological polar surface area (TPSA) is 110 Å². The number of fused-ring (bicyclic) bond motifs is 1. The Labute approximate surface area is 173 Å². The van der Waals surface area contributed by atoms with Gasteiger partial charge in [-0.2, -0.15) is 5.10 Å². The Hall–Kier alpha value is -3.68. The summed E-state index contributed by atoms with van der Waals surface area (Å²) in [5.74, 6) is 0.0415. The molecule has 0 radical (unpaired) electrons. The standard InChI is InChI=1S/C22H22N4O4/c1-4-29-22(28)20-17-10-9-16(13(3)19(17)24-25-20)14-5-7-15(8-6-14)23-21(27)18-11-12(2)30-26-18/h5-11,13,16H,4H2,1-3H3,(H,23,27)(H,24,25). The minimum absolute atomic E-state index is 0.0965. The fraction of sp³-hybridized carbons (Fsp3) is 0.273. The van der Waals surface area contributed by atoms with E-state index in [0.29, 0.717) is 23.7 Å². The number of aromatic nitrogens is 3. The highest BCUT2D eigenvalue weighted by atomic mass is 16.5. The molecule has 1 amide bonds. The number of ether oxygens (including phenoxy) is 1. The quantitative estimate of drug-likeness (QED) is 0.619. The summed E-state index contributed by atoms with van der Waals surface area (Å²) in [4.78, 5) is 24.3.